The number of benzene rings is 1. The molecule has 0 spiro atoms. The van der Waals surface area contributed by atoms with Gasteiger partial charge in [0.2, 0.25) is 0 Å². The average molecular weight is 501 g/mol. The molecule has 1 aliphatic rings. The largest absolute Gasteiger partial charge is 0.394 e. The van der Waals surface area contributed by atoms with Gasteiger partial charge in [0, 0.05) is 17.3 Å². The number of rotatable bonds is 2. The molecule has 0 aliphatic carbocycles. The normalized spacial score (nSPS) is 20.7. The minimum absolute atomic E-state index is 0.0998. The Morgan fingerprint density at radius 2 is 1.73 bits per heavy atom. The topological polar surface area (TPSA) is 205 Å². The lowest BCUT2D eigenvalue weighted by molar-refractivity contribution is -0.0514. The molecule has 4 atom stereocenters. The fraction of sp³-hybridized carbons (Fsp3) is 0.208. The van der Waals surface area contributed by atoms with E-state index in [-0.39, 0.29) is 28.4 Å². The standard InChI is InChI=1S/C24H19N7O6/c25-20-17-21(28-11-27-20)31(23-19(34)18(33)15(10-32)37-23)16(29-17)8-6-13-3-1-12(2-4-13)5-7-14-9-26-24(36)30-22(14)35/h1-4,9,11,15,18-19,23,32-34H,10H2,(H2,25,27,28)(H2,26,30,35,36)/t15-,18-,19-,23-/m1/s1. The number of ether oxygens (including phenoxy) is 1. The number of imidazole rings is 1. The van der Waals surface area contributed by atoms with Crippen molar-refractivity contribution in [1.82, 2.24) is 29.5 Å². The highest BCUT2D eigenvalue weighted by Gasteiger charge is 2.44. The summed E-state index contributed by atoms with van der Waals surface area (Å²) in [6.07, 6.45) is -2.35. The van der Waals surface area contributed by atoms with Gasteiger partial charge in [0.1, 0.15) is 30.2 Å². The number of hydrogen-bond donors (Lipinski definition) is 6. The van der Waals surface area contributed by atoms with Gasteiger partial charge >= 0.3 is 5.69 Å². The van der Waals surface area contributed by atoms with Gasteiger partial charge in [-0.25, -0.2) is 19.7 Å². The molecule has 0 amide bonds. The number of aromatic nitrogens is 6. The Balaban J connectivity index is 1.47. The van der Waals surface area contributed by atoms with Gasteiger partial charge in [-0.05, 0) is 30.2 Å². The quantitative estimate of drug-likeness (QED) is 0.170. The van der Waals surface area contributed by atoms with Crippen LogP contribution in [0.5, 0.6) is 0 Å². The molecule has 186 valence electrons. The number of aliphatic hydroxyl groups excluding tert-OH is 3. The van der Waals surface area contributed by atoms with Crippen molar-refractivity contribution < 1.29 is 20.1 Å². The lowest BCUT2D eigenvalue weighted by Gasteiger charge is -2.17. The number of nitrogen functional groups attached to an aromatic ring is 1. The van der Waals surface area contributed by atoms with Crippen LogP contribution < -0.4 is 17.0 Å². The highest BCUT2D eigenvalue weighted by molar-refractivity contribution is 5.82. The molecule has 13 heteroatoms. The summed E-state index contributed by atoms with van der Waals surface area (Å²) in [4.78, 5) is 39.8. The summed E-state index contributed by atoms with van der Waals surface area (Å²) in [5.74, 6) is 11.7. The third-order valence-corrected chi connectivity index (χ3v) is 5.64. The Morgan fingerprint density at radius 1 is 1.03 bits per heavy atom. The molecule has 13 nitrogen and oxygen atoms in total. The molecule has 1 fully saturated rings. The summed E-state index contributed by atoms with van der Waals surface area (Å²) in [5, 5.41) is 30.2. The average Bonchev–Trinajstić information content (AvgIpc) is 3.40. The minimum atomic E-state index is -1.38. The molecule has 1 aliphatic heterocycles. The van der Waals surface area contributed by atoms with Gasteiger partial charge in [0.05, 0.1) is 6.61 Å². The van der Waals surface area contributed by atoms with E-state index in [1.807, 2.05) is 0 Å². The van der Waals surface area contributed by atoms with Crippen LogP contribution in [0.15, 0.2) is 46.4 Å². The van der Waals surface area contributed by atoms with Gasteiger partial charge < -0.3 is 30.8 Å². The van der Waals surface area contributed by atoms with E-state index in [0.717, 1.165) is 0 Å². The molecule has 0 radical (unpaired) electrons. The fourth-order valence-corrected chi connectivity index (χ4v) is 3.76. The molecule has 0 saturated carbocycles. The van der Waals surface area contributed by atoms with E-state index in [1.165, 1.54) is 17.1 Å². The van der Waals surface area contributed by atoms with Crippen LogP contribution >= 0.6 is 0 Å². The van der Waals surface area contributed by atoms with Gasteiger partial charge in [-0.2, -0.15) is 0 Å². The van der Waals surface area contributed by atoms with Crippen molar-refractivity contribution in [2.24, 2.45) is 0 Å². The molecule has 3 aromatic heterocycles. The van der Waals surface area contributed by atoms with Gasteiger partial charge in [-0.15, -0.1) is 0 Å². The molecule has 4 aromatic rings. The third-order valence-electron chi connectivity index (χ3n) is 5.64. The first kappa shape index (κ1) is 23.9. The van der Waals surface area contributed by atoms with Crippen molar-refractivity contribution in [2.75, 3.05) is 12.3 Å². The van der Waals surface area contributed by atoms with Crippen molar-refractivity contribution in [3.05, 3.63) is 80.1 Å². The van der Waals surface area contributed by atoms with Crippen LogP contribution in [-0.2, 0) is 4.74 Å². The smallest absolute Gasteiger partial charge is 0.325 e. The molecular weight excluding hydrogens is 482 g/mol. The van der Waals surface area contributed by atoms with Crippen molar-refractivity contribution in [1.29, 1.82) is 0 Å². The lowest BCUT2D eigenvalue weighted by atomic mass is 10.1. The van der Waals surface area contributed by atoms with Gasteiger partial charge in [0.15, 0.2) is 29.0 Å². The van der Waals surface area contributed by atoms with Crippen LogP contribution in [0, 0.1) is 23.7 Å². The second-order valence-electron chi connectivity index (χ2n) is 8.03. The Kier molecular flexibility index (Phi) is 6.27. The summed E-state index contributed by atoms with van der Waals surface area (Å²) in [7, 11) is 0. The maximum absolute atomic E-state index is 11.7. The highest BCUT2D eigenvalue weighted by Crippen LogP contribution is 2.33. The number of H-pyrrole nitrogens is 2. The first-order valence-electron chi connectivity index (χ1n) is 10.9. The summed E-state index contributed by atoms with van der Waals surface area (Å²) in [5.41, 5.74) is 6.57. The number of aromatic amines is 2. The number of aliphatic hydroxyl groups is 3. The first-order valence-corrected chi connectivity index (χ1v) is 10.9. The second-order valence-corrected chi connectivity index (χ2v) is 8.03. The zero-order valence-corrected chi connectivity index (χ0v) is 18.9. The first-order chi connectivity index (χ1) is 17.9. The second kappa shape index (κ2) is 9.69. The Hall–Kier alpha value is -4.79. The number of fused-ring (bicyclic) bond motifs is 1. The van der Waals surface area contributed by atoms with E-state index in [1.54, 1.807) is 24.3 Å². The summed E-state index contributed by atoms with van der Waals surface area (Å²) < 4.78 is 7.07. The van der Waals surface area contributed by atoms with Crippen LogP contribution in [0.1, 0.15) is 28.7 Å². The molecule has 1 saturated heterocycles. The molecule has 37 heavy (non-hydrogen) atoms. The monoisotopic (exact) mass is 501 g/mol. The van der Waals surface area contributed by atoms with E-state index >= 15 is 0 Å². The number of nitrogens with one attached hydrogen (secondary N) is 2. The molecule has 5 rings (SSSR count). The zero-order valence-electron chi connectivity index (χ0n) is 18.9. The van der Waals surface area contributed by atoms with Gasteiger partial charge in [-0.1, -0.05) is 17.8 Å². The molecule has 7 N–H and O–H groups in total. The van der Waals surface area contributed by atoms with Crippen molar-refractivity contribution in [2.45, 2.75) is 24.5 Å². The SMILES string of the molecule is Nc1ncnc2c1nc(C#Cc1ccc(C#Cc3c[nH]c(=O)[nH]c3=O)cc1)n2[C@@H]1O[C@H](CO)[C@@H](O)[C@H]1O. The number of hydrogen-bond acceptors (Lipinski definition) is 10. The third kappa shape index (κ3) is 4.58. The number of nitrogens with zero attached hydrogens (tertiary/aromatic N) is 4. The van der Waals surface area contributed by atoms with E-state index in [4.69, 9.17) is 10.5 Å². The van der Waals surface area contributed by atoms with Crippen LogP contribution in [0.3, 0.4) is 0 Å². The zero-order chi connectivity index (χ0) is 26.1. The van der Waals surface area contributed by atoms with Crippen molar-refractivity contribution >= 4 is 17.0 Å². The maximum atomic E-state index is 11.7. The summed E-state index contributed by atoms with van der Waals surface area (Å²) in [6.45, 7) is -0.495. The molecule has 0 unspecified atom stereocenters. The van der Waals surface area contributed by atoms with Crippen molar-refractivity contribution in [3.8, 4) is 23.7 Å². The molecular formula is C24H19N7O6. The highest BCUT2D eigenvalue weighted by atomic mass is 16.6. The molecule has 4 heterocycles. The summed E-state index contributed by atoms with van der Waals surface area (Å²) >= 11 is 0. The fourth-order valence-electron chi connectivity index (χ4n) is 3.76. The number of anilines is 1. The van der Waals surface area contributed by atoms with Gasteiger partial charge in [-0.3, -0.25) is 14.3 Å². The van der Waals surface area contributed by atoms with E-state index in [9.17, 15) is 24.9 Å². The van der Waals surface area contributed by atoms with E-state index in [2.05, 4.69) is 48.6 Å². The molecule has 0 bridgehead atoms. The summed E-state index contributed by atoms with van der Waals surface area (Å²) in [6, 6.07) is 6.83. The predicted molar refractivity (Wildman–Crippen MR) is 129 cm³/mol. The van der Waals surface area contributed by atoms with Crippen LogP contribution in [0.4, 0.5) is 5.82 Å². The predicted octanol–water partition coefficient (Wildman–Crippen LogP) is -1.80. The van der Waals surface area contributed by atoms with Gasteiger partial charge in [0.25, 0.3) is 5.56 Å². The Labute approximate surface area is 207 Å². The van der Waals surface area contributed by atoms with Crippen LogP contribution in [0.2, 0.25) is 0 Å². The molecule has 1 aromatic carbocycles. The van der Waals surface area contributed by atoms with E-state index in [0.29, 0.717) is 11.1 Å². The Morgan fingerprint density at radius 3 is 2.38 bits per heavy atom. The Bertz CT molecular complexity index is 1720. The van der Waals surface area contributed by atoms with Crippen LogP contribution in [0.25, 0.3) is 11.2 Å². The van der Waals surface area contributed by atoms with E-state index < -0.39 is 42.4 Å². The maximum Gasteiger partial charge on any atom is 0.325 e. The van der Waals surface area contributed by atoms with Crippen LogP contribution in [-0.4, -0.2) is 69.7 Å². The number of nitrogens with two attached hydrogens (primary N) is 1. The van der Waals surface area contributed by atoms with Crippen molar-refractivity contribution in [3.63, 3.8) is 0 Å². The minimum Gasteiger partial charge on any atom is -0.394 e. The lowest BCUT2D eigenvalue weighted by Crippen LogP contribution is -2.33.